The summed E-state index contributed by atoms with van der Waals surface area (Å²) in [5.41, 5.74) is 0.146. The van der Waals surface area contributed by atoms with E-state index in [2.05, 4.69) is 5.32 Å². The first-order valence-corrected chi connectivity index (χ1v) is 6.88. The molecule has 2 aliphatic heterocycles. The summed E-state index contributed by atoms with van der Waals surface area (Å²) < 4.78 is 12.2. The molecule has 0 aromatic rings. The number of nitrogens with one attached hydrogen (secondary N) is 1. The summed E-state index contributed by atoms with van der Waals surface area (Å²) in [5, 5.41) is 3.57. The van der Waals surface area contributed by atoms with Crippen molar-refractivity contribution in [1.82, 2.24) is 5.32 Å². The molecular formula is C13H23NO2. The minimum Gasteiger partial charge on any atom is -0.375 e. The van der Waals surface area contributed by atoms with Crippen molar-refractivity contribution >= 4 is 0 Å². The van der Waals surface area contributed by atoms with Gasteiger partial charge in [-0.3, -0.25) is 0 Å². The monoisotopic (exact) mass is 225 g/mol. The van der Waals surface area contributed by atoms with Gasteiger partial charge in [-0.15, -0.1) is 0 Å². The van der Waals surface area contributed by atoms with Gasteiger partial charge in [-0.25, -0.2) is 0 Å². The van der Waals surface area contributed by atoms with Crippen molar-refractivity contribution in [3.63, 3.8) is 0 Å². The molecular weight excluding hydrogens is 202 g/mol. The van der Waals surface area contributed by atoms with Gasteiger partial charge in [0.15, 0.2) is 0 Å². The van der Waals surface area contributed by atoms with Gasteiger partial charge < -0.3 is 14.8 Å². The van der Waals surface area contributed by atoms with Crippen LogP contribution in [0.5, 0.6) is 0 Å². The van der Waals surface area contributed by atoms with E-state index in [-0.39, 0.29) is 5.60 Å². The van der Waals surface area contributed by atoms with Gasteiger partial charge in [0.25, 0.3) is 0 Å². The lowest BCUT2D eigenvalue weighted by atomic mass is 9.83. The molecule has 0 amide bonds. The van der Waals surface area contributed by atoms with Crippen LogP contribution in [0.15, 0.2) is 0 Å². The molecule has 0 aromatic heterocycles. The van der Waals surface area contributed by atoms with Crippen LogP contribution >= 0.6 is 0 Å². The number of hydrogen-bond donors (Lipinski definition) is 1. The Kier molecular flexibility index (Phi) is 3.18. The minimum absolute atomic E-state index is 0.146. The second-order valence-corrected chi connectivity index (χ2v) is 5.58. The number of ether oxygens (including phenoxy) is 2. The fourth-order valence-electron chi connectivity index (χ4n) is 3.44. The number of rotatable bonds is 1. The predicted octanol–water partition coefficient (Wildman–Crippen LogP) is 1.86. The third-order valence-electron chi connectivity index (χ3n) is 4.34. The maximum Gasteiger partial charge on any atom is 0.0968 e. The molecule has 3 heteroatoms. The average molecular weight is 225 g/mol. The van der Waals surface area contributed by atoms with E-state index in [0.29, 0.717) is 12.2 Å². The maximum atomic E-state index is 6.41. The van der Waals surface area contributed by atoms with Crippen molar-refractivity contribution in [2.75, 3.05) is 19.7 Å². The quantitative estimate of drug-likeness (QED) is 0.739. The zero-order chi connectivity index (χ0) is 10.8. The lowest BCUT2D eigenvalue weighted by Gasteiger charge is -2.45. The highest BCUT2D eigenvalue weighted by Crippen LogP contribution is 2.35. The van der Waals surface area contributed by atoms with Crippen molar-refractivity contribution in [3.8, 4) is 0 Å². The molecule has 0 bridgehead atoms. The Morgan fingerprint density at radius 2 is 1.88 bits per heavy atom. The maximum absolute atomic E-state index is 6.41. The molecule has 2 saturated heterocycles. The fraction of sp³-hybridized carbons (Fsp3) is 1.00. The Bertz CT molecular complexity index is 227. The largest absolute Gasteiger partial charge is 0.375 e. The molecule has 16 heavy (non-hydrogen) atoms. The summed E-state index contributed by atoms with van der Waals surface area (Å²) in [6, 6.07) is 0. The van der Waals surface area contributed by atoms with Gasteiger partial charge in [0.1, 0.15) is 0 Å². The second kappa shape index (κ2) is 4.63. The number of hydrogen-bond acceptors (Lipinski definition) is 3. The Morgan fingerprint density at radius 1 is 1.00 bits per heavy atom. The summed E-state index contributed by atoms with van der Waals surface area (Å²) in [6.07, 6.45) is 9.57. The van der Waals surface area contributed by atoms with Crippen LogP contribution in [0.25, 0.3) is 0 Å². The molecule has 0 aromatic carbocycles. The first-order valence-electron chi connectivity index (χ1n) is 6.88. The molecule has 92 valence electrons. The Labute approximate surface area is 97.9 Å². The average Bonchev–Trinajstić information content (AvgIpc) is 2.83. The van der Waals surface area contributed by atoms with E-state index >= 15 is 0 Å². The van der Waals surface area contributed by atoms with Crippen LogP contribution in [0, 0.1) is 0 Å². The van der Waals surface area contributed by atoms with Crippen LogP contribution < -0.4 is 5.32 Å². The summed E-state index contributed by atoms with van der Waals surface area (Å²) in [5.74, 6) is 0. The summed E-state index contributed by atoms with van der Waals surface area (Å²) >= 11 is 0. The van der Waals surface area contributed by atoms with Gasteiger partial charge in [-0.05, 0) is 25.7 Å². The molecule has 1 saturated carbocycles. The van der Waals surface area contributed by atoms with E-state index in [0.717, 1.165) is 19.7 Å². The minimum atomic E-state index is 0.146. The Hall–Kier alpha value is -0.120. The lowest BCUT2D eigenvalue weighted by Crippen LogP contribution is -2.57. The molecule has 3 aliphatic rings. The topological polar surface area (TPSA) is 30.5 Å². The summed E-state index contributed by atoms with van der Waals surface area (Å²) in [4.78, 5) is 0. The normalized spacial score (nSPS) is 39.0. The zero-order valence-corrected chi connectivity index (χ0v) is 10.0. The van der Waals surface area contributed by atoms with Crippen LogP contribution in [0.4, 0.5) is 0 Å². The summed E-state index contributed by atoms with van der Waals surface area (Å²) in [6.45, 7) is 2.96. The zero-order valence-electron chi connectivity index (χ0n) is 10.0. The van der Waals surface area contributed by atoms with E-state index in [1.165, 1.54) is 44.9 Å². The molecule has 2 heterocycles. The van der Waals surface area contributed by atoms with Gasteiger partial charge in [0.2, 0.25) is 0 Å². The van der Waals surface area contributed by atoms with E-state index in [1.54, 1.807) is 0 Å². The van der Waals surface area contributed by atoms with Crippen LogP contribution in [0.3, 0.4) is 0 Å². The van der Waals surface area contributed by atoms with Crippen LogP contribution in [-0.2, 0) is 9.47 Å². The predicted molar refractivity (Wildman–Crippen MR) is 62.5 cm³/mol. The van der Waals surface area contributed by atoms with Crippen LogP contribution in [0.1, 0.15) is 44.9 Å². The van der Waals surface area contributed by atoms with E-state index in [9.17, 15) is 0 Å². The third kappa shape index (κ3) is 2.13. The smallest absolute Gasteiger partial charge is 0.0968 e. The van der Waals surface area contributed by atoms with Crippen molar-refractivity contribution in [2.45, 2.75) is 62.8 Å². The first kappa shape index (κ1) is 11.0. The van der Waals surface area contributed by atoms with Gasteiger partial charge in [0.05, 0.1) is 17.8 Å². The van der Waals surface area contributed by atoms with E-state index in [1.807, 2.05) is 0 Å². The van der Waals surface area contributed by atoms with E-state index < -0.39 is 0 Å². The van der Waals surface area contributed by atoms with Gasteiger partial charge in [-0.1, -0.05) is 19.3 Å². The molecule has 2 atom stereocenters. The second-order valence-electron chi connectivity index (χ2n) is 5.58. The van der Waals surface area contributed by atoms with Crippen molar-refractivity contribution in [1.29, 1.82) is 0 Å². The highest BCUT2D eigenvalue weighted by Gasteiger charge is 2.41. The van der Waals surface area contributed by atoms with Gasteiger partial charge in [0, 0.05) is 19.7 Å². The van der Waals surface area contributed by atoms with Crippen molar-refractivity contribution in [3.05, 3.63) is 0 Å². The molecule has 3 rings (SSSR count). The van der Waals surface area contributed by atoms with Crippen LogP contribution in [-0.4, -0.2) is 37.5 Å². The van der Waals surface area contributed by atoms with Crippen molar-refractivity contribution in [2.24, 2.45) is 0 Å². The van der Waals surface area contributed by atoms with Gasteiger partial charge in [-0.2, -0.15) is 0 Å². The molecule has 3 fully saturated rings. The molecule has 1 aliphatic carbocycles. The SMILES string of the molecule is C1CCC2(CC1)CNCC(C1CCCO1)O2. The third-order valence-corrected chi connectivity index (χ3v) is 4.34. The number of morpholine rings is 1. The molecule has 1 N–H and O–H groups in total. The standard InChI is InChI=1S/C13H23NO2/c1-2-6-13(7-3-1)10-14-9-12(16-13)11-5-4-8-15-11/h11-12,14H,1-10H2. The first-order chi connectivity index (χ1) is 7.88. The van der Waals surface area contributed by atoms with Gasteiger partial charge >= 0.3 is 0 Å². The highest BCUT2D eigenvalue weighted by molar-refractivity contribution is 4.94. The molecule has 0 radical (unpaired) electrons. The Morgan fingerprint density at radius 3 is 2.62 bits per heavy atom. The highest BCUT2D eigenvalue weighted by atomic mass is 16.6. The van der Waals surface area contributed by atoms with Crippen LogP contribution in [0.2, 0.25) is 0 Å². The fourth-order valence-corrected chi connectivity index (χ4v) is 3.44. The lowest BCUT2D eigenvalue weighted by molar-refractivity contribution is -0.168. The summed E-state index contributed by atoms with van der Waals surface area (Å²) in [7, 11) is 0. The van der Waals surface area contributed by atoms with E-state index in [4.69, 9.17) is 9.47 Å². The van der Waals surface area contributed by atoms with Crippen molar-refractivity contribution < 1.29 is 9.47 Å². The molecule has 3 nitrogen and oxygen atoms in total. The Balaban J connectivity index is 1.64. The molecule has 2 unspecified atom stereocenters. The molecule has 1 spiro atoms.